The average molecular weight is 269 g/mol. The van der Waals surface area contributed by atoms with E-state index >= 15 is 0 Å². The number of methoxy groups -OCH3 is 1. The molecular weight excluding hydrogens is 260 g/mol. The highest BCUT2D eigenvalue weighted by atomic mass is 79.9. The normalized spacial score (nSPS) is 18.8. The molecule has 0 spiro atoms. The molecule has 4 heteroatoms. The van der Waals surface area contributed by atoms with E-state index in [0.29, 0.717) is 12.0 Å². The van der Waals surface area contributed by atoms with Crippen molar-refractivity contribution in [1.82, 2.24) is 0 Å². The molecule has 78 valence electrons. The van der Waals surface area contributed by atoms with Gasteiger partial charge < -0.3 is 4.74 Å². The predicted molar refractivity (Wildman–Crippen MR) is 57.7 cm³/mol. The summed E-state index contributed by atoms with van der Waals surface area (Å²) in [5.74, 6) is -1.26. The van der Waals surface area contributed by atoms with Gasteiger partial charge in [0.1, 0.15) is 5.92 Å². The van der Waals surface area contributed by atoms with Gasteiger partial charge in [-0.3, -0.25) is 9.59 Å². The minimum atomic E-state index is -0.663. The molecule has 3 nitrogen and oxygen atoms in total. The quantitative estimate of drug-likeness (QED) is 0.578. The lowest BCUT2D eigenvalue weighted by Gasteiger charge is -2.03. The van der Waals surface area contributed by atoms with E-state index in [1.54, 1.807) is 12.1 Å². The van der Waals surface area contributed by atoms with E-state index in [1.807, 2.05) is 6.07 Å². The zero-order valence-corrected chi connectivity index (χ0v) is 9.71. The maximum absolute atomic E-state index is 11.8. The Kier molecular flexibility index (Phi) is 2.61. The Morgan fingerprint density at radius 3 is 2.87 bits per heavy atom. The smallest absolute Gasteiger partial charge is 0.316 e. The molecule has 0 aliphatic heterocycles. The Morgan fingerprint density at radius 2 is 2.27 bits per heavy atom. The van der Waals surface area contributed by atoms with Crippen molar-refractivity contribution in [3.8, 4) is 0 Å². The summed E-state index contributed by atoms with van der Waals surface area (Å²) in [5, 5.41) is 0. The second kappa shape index (κ2) is 3.77. The number of fused-ring (bicyclic) bond motifs is 1. The number of ketones is 1. The average Bonchev–Trinajstić information content (AvgIpc) is 2.57. The zero-order chi connectivity index (χ0) is 11.0. The van der Waals surface area contributed by atoms with Gasteiger partial charge in [0.15, 0.2) is 5.78 Å². The van der Waals surface area contributed by atoms with Crippen molar-refractivity contribution in [2.24, 2.45) is 5.92 Å². The molecule has 1 atom stereocenters. The van der Waals surface area contributed by atoms with Crippen LogP contribution >= 0.6 is 15.9 Å². The Bertz CT molecular complexity index is 439. The SMILES string of the molecule is COC(=O)C1Cc2c(Br)cccc2C1=O. The van der Waals surface area contributed by atoms with Gasteiger partial charge in [0, 0.05) is 10.0 Å². The highest BCUT2D eigenvalue weighted by Gasteiger charge is 2.37. The first-order valence-corrected chi connectivity index (χ1v) is 5.34. The second-order valence-corrected chi connectivity index (χ2v) is 4.26. The van der Waals surface area contributed by atoms with E-state index in [2.05, 4.69) is 20.7 Å². The molecule has 1 unspecified atom stereocenters. The first-order valence-electron chi connectivity index (χ1n) is 4.54. The number of Topliss-reactive ketones (excluding diaryl/α,β-unsaturated/α-hetero) is 1. The van der Waals surface area contributed by atoms with Crippen molar-refractivity contribution in [3.05, 3.63) is 33.8 Å². The van der Waals surface area contributed by atoms with E-state index in [1.165, 1.54) is 7.11 Å². The van der Waals surface area contributed by atoms with Crippen molar-refractivity contribution >= 4 is 27.7 Å². The van der Waals surface area contributed by atoms with E-state index in [0.717, 1.165) is 10.0 Å². The summed E-state index contributed by atoms with van der Waals surface area (Å²) in [6.45, 7) is 0. The summed E-state index contributed by atoms with van der Waals surface area (Å²) in [7, 11) is 1.30. The van der Waals surface area contributed by atoms with Crippen LogP contribution in [-0.2, 0) is 16.0 Å². The number of benzene rings is 1. The van der Waals surface area contributed by atoms with Crippen molar-refractivity contribution in [3.63, 3.8) is 0 Å². The van der Waals surface area contributed by atoms with Crippen molar-refractivity contribution in [1.29, 1.82) is 0 Å². The third kappa shape index (κ3) is 1.59. The molecule has 1 aromatic rings. The third-order valence-corrected chi connectivity index (χ3v) is 3.34. The van der Waals surface area contributed by atoms with Gasteiger partial charge in [-0.2, -0.15) is 0 Å². The molecule has 0 amide bonds. The van der Waals surface area contributed by atoms with Crippen molar-refractivity contribution in [2.45, 2.75) is 6.42 Å². The van der Waals surface area contributed by atoms with Gasteiger partial charge in [-0.25, -0.2) is 0 Å². The Morgan fingerprint density at radius 1 is 1.53 bits per heavy atom. The molecule has 1 aliphatic carbocycles. The van der Waals surface area contributed by atoms with Gasteiger partial charge >= 0.3 is 5.97 Å². The first kappa shape index (κ1) is 10.4. The molecular formula is C11H9BrO3. The lowest BCUT2D eigenvalue weighted by molar-refractivity contribution is -0.143. The van der Waals surface area contributed by atoms with E-state index in [-0.39, 0.29) is 5.78 Å². The maximum atomic E-state index is 11.8. The Labute approximate surface area is 95.6 Å². The number of rotatable bonds is 1. The van der Waals surface area contributed by atoms with Gasteiger partial charge in [-0.15, -0.1) is 0 Å². The topological polar surface area (TPSA) is 43.4 Å². The molecule has 2 rings (SSSR count). The number of carbonyl (C=O) groups is 2. The largest absolute Gasteiger partial charge is 0.468 e. The van der Waals surface area contributed by atoms with Gasteiger partial charge in [0.05, 0.1) is 7.11 Å². The van der Waals surface area contributed by atoms with Crippen LogP contribution in [0.5, 0.6) is 0 Å². The van der Waals surface area contributed by atoms with Crippen LogP contribution in [0.2, 0.25) is 0 Å². The molecule has 1 aliphatic rings. The Balaban J connectivity index is 2.41. The Hall–Kier alpha value is -1.16. The van der Waals surface area contributed by atoms with Gasteiger partial charge in [-0.1, -0.05) is 28.1 Å². The molecule has 0 saturated heterocycles. The number of ether oxygens (including phenoxy) is 1. The standard InChI is InChI=1S/C11H9BrO3/c1-15-11(14)8-5-7-6(10(8)13)3-2-4-9(7)12/h2-4,8H,5H2,1H3. The first-order chi connectivity index (χ1) is 7.15. The molecule has 0 heterocycles. The molecule has 0 aromatic heterocycles. The van der Waals surface area contributed by atoms with Crippen LogP contribution in [0, 0.1) is 5.92 Å². The minimum absolute atomic E-state index is 0.141. The summed E-state index contributed by atoms with van der Waals surface area (Å²) in [5.41, 5.74) is 1.53. The van der Waals surface area contributed by atoms with Gasteiger partial charge in [0.2, 0.25) is 0 Å². The van der Waals surface area contributed by atoms with Crippen LogP contribution in [0.4, 0.5) is 0 Å². The summed E-state index contributed by atoms with van der Waals surface area (Å²) in [4.78, 5) is 23.2. The lowest BCUT2D eigenvalue weighted by atomic mass is 10.1. The van der Waals surface area contributed by atoms with Crippen LogP contribution in [-0.4, -0.2) is 18.9 Å². The summed E-state index contributed by atoms with van der Waals surface area (Å²) in [6.07, 6.45) is 0.433. The highest BCUT2D eigenvalue weighted by Crippen LogP contribution is 2.32. The fourth-order valence-electron chi connectivity index (χ4n) is 1.81. The van der Waals surface area contributed by atoms with Gasteiger partial charge in [-0.05, 0) is 18.1 Å². The molecule has 0 radical (unpaired) electrons. The number of hydrogen-bond acceptors (Lipinski definition) is 3. The van der Waals surface area contributed by atoms with Crippen LogP contribution < -0.4 is 0 Å². The van der Waals surface area contributed by atoms with E-state index < -0.39 is 11.9 Å². The zero-order valence-electron chi connectivity index (χ0n) is 8.12. The molecule has 0 N–H and O–H groups in total. The monoisotopic (exact) mass is 268 g/mol. The molecule has 0 saturated carbocycles. The number of halogens is 1. The summed E-state index contributed by atoms with van der Waals surface area (Å²) < 4.78 is 5.48. The van der Waals surface area contributed by atoms with Crippen LogP contribution in [0.15, 0.2) is 22.7 Å². The molecule has 0 bridgehead atoms. The fraction of sp³-hybridized carbons (Fsp3) is 0.273. The van der Waals surface area contributed by atoms with Crippen LogP contribution in [0.1, 0.15) is 15.9 Å². The number of hydrogen-bond donors (Lipinski definition) is 0. The molecule has 15 heavy (non-hydrogen) atoms. The van der Waals surface area contributed by atoms with Crippen molar-refractivity contribution in [2.75, 3.05) is 7.11 Å². The van der Waals surface area contributed by atoms with Crippen LogP contribution in [0.3, 0.4) is 0 Å². The minimum Gasteiger partial charge on any atom is -0.468 e. The summed E-state index contributed by atoms with van der Waals surface area (Å²) in [6, 6.07) is 5.40. The summed E-state index contributed by atoms with van der Waals surface area (Å²) >= 11 is 3.37. The highest BCUT2D eigenvalue weighted by molar-refractivity contribution is 9.10. The van der Waals surface area contributed by atoms with E-state index in [9.17, 15) is 9.59 Å². The van der Waals surface area contributed by atoms with Gasteiger partial charge in [0.25, 0.3) is 0 Å². The van der Waals surface area contributed by atoms with Crippen LogP contribution in [0.25, 0.3) is 0 Å². The molecule has 0 fully saturated rings. The second-order valence-electron chi connectivity index (χ2n) is 3.41. The maximum Gasteiger partial charge on any atom is 0.316 e. The number of carbonyl (C=O) groups excluding carboxylic acids is 2. The number of esters is 1. The van der Waals surface area contributed by atoms with E-state index in [4.69, 9.17) is 0 Å². The predicted octanol–water partition coefficient (Wildman–Crippen LogP) is 1.98. The van der Waals surface area contributed by atoms with Crippen molar-refractivity contribution < 1.29 is 14.3 Å². The lowest BCUT2D eigenvalue weighted by Crippen LogP contribution is -2.21. The fourth-order valence-corrected chi connectivity index (χ4v) is 2.34. The third-order valence-electron chi connectivity index (χ3n) is 2.59. The molecule has 1 aromatic carbocycles.